The number of ether oxygens (including phenoxy) is 1. The number of aromatic nitrogens is 2. The van der Waals surface area contributed by atoms with E-state index < -0.39 is 0 Å². The second kappa shape index (κ2) is 5.61. The Hall–Kier alpha value is -0.650. The predicted molar refractivity (Wildman–Crippen MR) is 64.4 cm³/mol. The first-order chi connectivity index (χ1) is 7.78. The molecule has 2 heterocycles. The number of aryl methyl sites for hydroxylation is 1. The maximum absolute atomic E-state index is 5.60. The molecule has 0 saturated carbocycles. The number of nitrogens with zero attached hydrogens (tertiary/aromatic N) is 2. The molecule has 0 amide bonds. The lowest BCUT2D eigenvalue weighted by Crippen LogP contribution is -2.18. The van der Waals surface area contributed by atoms with Crippen molar-refractivity contribution in [2.45, 2.75) is 36.7 Å². The van der Waals surface area contributed by atoms with Gasteiger partial charge in [-0.3, -0.25) is 0 Å². The van der Waals surface area contributed by atoms with E-state index in [1.54, 1.807) is 11.8 Å². The summed E-state index contributed by atoms with van der Waals surface area (Å²) in [5, 5.41) is 1.44. The van der Waals surface area contributed by atoms with Crippen LogP contribution in [0.3, 0.4) is 0 Å². The minimum Gasteiger partial charge on any atom is -0.381 e. The molecule has 1 saturated heterocycles. The van der Waals surface area contributed by atoms with Gasteiger partial charge in [-0.1, -0.05) is 11.8 Å². The highest BCUT2D eigenvalue weighted by atomic mass is 32.2. The number of hydrogen-bond acceptors (Lipinski definition) is 5. The predicted octanol–water partition coefficient (Wildman–Crippen LogP) is 1.51. The van der Waals surface area contributed by atoms with E-state index in [2.05, 4.69) is 9.97 Å². The standard InChI is InChI=1S/C11H17N3OS/c1-8-6-9(7-12)14-11(13-8)16-10-2-4-15-5-3-10/h6,10H,2-5,7,12H2,1H3. The van der Waals surface area contributed by atoms with Gasteiger partial charge in [-0.15, -0.1) is 0 Å². The fourth-order valence-electron chi connectivity index (χ4n) is 1.70. The van der Waals surface area contributed by atoms with Crippen LogP contribution in [0.1, 0.15) is 24.2 Å². The molecule has 5 heteroatoms. The molecule has 1 aromatic rings. The van der Waals surface area contributed by atoms with Crippen molar-refractivity contribution in [1.29, 1.82) is 0 Å². The van der Waals surface area contributed by atoms with Gasteiger partial charge in [-0.2, -0.15) is 0 Å². The van der Waals surface area contributed by atoms with Gasteiger partial charge in [0.05, 0.1) is 5.69 Å². The zero-order valence-electron chi connectivity index (χ0n) is 9.48. The lowest BCUT2D eigenvalue weighted by Gasteiger charge is -2.20. The van der Waals surface area contributed by atoms with Crippen LogP contribution in [-0.4, -0.2) is 28.4 Å². The van der Waals surface area contributed by atoms with E-state index in [4.69, 9.17) is 10.5 Å². The van der Waals surface area contributed by atoms with E-state index in [9.17, 15) is 0 Å². The third-order valence-corrected chi connectivity index (χ3v) is 3.73. The highest BCUT2D eigenvalue weighted by molar-refractivity contribution is 7.99. The van der Waals surface area contributed by atoms with Crippen molar-refractivity contribution in [2.75, 3.05) is 13.2 Å². The van der Waals surface area contributed by atoms with Crippen molar-refractivity contribution in [1.82, 2.24) is 9.97 Å². The molecule has 0 unspecified atom stereocenters. The molecular weight excluding hydrogens is 222 g/mol. The van der Waals surface area contributed by atoms with Crippen LogP contribution in [0.15, 0.2) is 11.2 Å². The van der Waals surface area contributed by atoms with E-state index in [0.717, 1.165) is 42.6 Å². The van der Waals surface area contributed by atoms with Crippen molar-refractivity contribution in [3.8, 4) is 0 Å². The molecule has 16 heavy (non-hydrogen) atoms. The molecular formula is C11H17N3OS. The first-order valence-corrected chi connectivity index (χ1v) is 6.45. The Morgan fingerprint density at radius 1 is 1.44 bits per heavy atom. The summed E-state index contributed by atoms with van der Waals surface area (Å²) in [6, 6.07) is 1.94. The number of hydrogen-bond donors (Lipinski definition) is 1. The van der Waals surface area contributed by atoms with Gasteiger partial charge in [0.2, 0.25) is 0 Å². The zero-order chi connectivity index (χ0) is 11.4. The van der Waals surface area contributed by atoms with Gasteiger partial charge >= 0.3 is 0 Å². The van der Waals surface area contributed by atoms with Crippen LogP contribution in [0.4, 0.5) is 0 Å². The quantitative estimate of drug-likeness (QED) is 0.810. The van der Waals surface area contributed by atoms with Crippen LogP contribution < -0.4 is 5.73 Å². The third kappa shape index (κ3) is 3.17. The molecule has 1 aliphatic rings. The summed E-state index contributed by atoms with van der Waals surface area (Å²) < 4.78 is 5.33. The Bertz CT molecular complexity index is 353. The Morgan fingerprint density at radius 2 is 2.19 bits per heavy atom. The van der Waals surface area contributed by atoms with Crippen molar-refractivity contribution >= 4 is 11.8 Å². The molecule has 0 radical (unpaired) electrons. The van der Waals surface area contributed by atoms with Gasteiger partial charge < -0.3 is 10.5 Å². The molecule has 0 aliphatic carbocycles. The summed E-state index contributed by atoms with van der Waals surface area (Å²) in [7, 11) is 0. The van der Waals surface area contributed by atoms with Crippen LogP contribution in [0.2, 0.25) is 0 Å². The average Bonchev–Trinajstić information content (AvgIpc) is 2.29. The SMILES string of the molecule is Cc1cc(CN)nc(SC2CCOCC2)n1. The normalized spacial score (nSPS) is 17.6. The monoisotopic (exact) mass is 239 g/mol. The molecule has 1 fully saturated rings. The maximum Gasteiger partial charge on any atom is 0.188 e. The Balaban J connectivity index is 2.04. The fraction of sp³-hybridized carbons (Fsp3) is 0.636. The molecule has 0 atom stereocenters. The maximum atomic E-state index is 5.60. The van der Waals surface area contributed by atoms with E-state index in [0.29, 0.717) is 11.8 Å². The minimum atomic E-state index is 0.477. The molecule has 1 aliphatic heterocycles. The summed E-state index contributed by atoms with van der Waals surface area (Å²) in [4.78, 5) is 8.86. The molecule has 0 spiro atoms. The Kier molecular flexibility index (Phi) is 4.15. The van der Waals surface area contributed by atoms with E-state index >= 15 is 0 Å². The van der Waals surface area contributed by atoms with Gasteiger partial charge in [0.1, 0.15) is 0 Å². The first kappa shape index (κ1) is 11.8. The smallest absolute Gasteiger partial charge is 0.188 e. The Labute approximate surface area is 100.0 Å². The molecule has 88 valence electrons. The molecule has 0 bridgehead atoms. The van der Waals surface area contributed by atoms with Crippen LogP contribution in [0.5, 0.6) is 0 Å². The van der Waals surface area contributed by atoms with Gasteiger partial charge in [0, 0.05) is 30.7 Å². The van der Waals surface area contributed by atoms with Gasteiger partial charge in [-0.25, -0.2) is 9.97 Å². The summed E-state index contributed by atoms with van der Waals surface area (Å²) in [5.74, 6) is 0. The van der Waals surface area contributed by atoms with Crippen molar-refractivity contribution < 1.29 is 4.74 Å². The topological polar surface area (TPSA) is 61.0 Å². The number of nitrogens with two attached hydrogens (primary N) is 1. The molecule has 1 aromatic heterocycles. The largest absolute Gasteiger partial charge is 0.381 e. The molecule has 2 N–H and O–H groups in total. The molecule has 2 rings (SSSR count). The van der Waals surface area contributed by atoms with E-state index in [-0.39, 0.29) is 0 Å². The summed E-state index contributed by atoms with van der Waals surface area (Å²) in [6.07, 6.45) is 2.17. The van der Waals surface area contributed by atoms with Crippen molar-refractivity contribution in [2.24, 2.45) is 5.73 Å². The second-order valence-electron chi connectivity index (χ2n) is 3.92. The average molecular weight is 239 g/mol. The van der Waals surface area contributed by atoms with E-state index in [1.165, 1.54) is 0 Å². The molecule has 4 nitrogen and oxygen atoms in total. The van der Waals surface area contributed by atoms with Crippen LogP contribution in [-0.2, 0) is 11.3 Å². The second-order valence-corrected chi connectivity index (χ2v) is 5.18. The summed E-state index contributed by atoms with van der Waals surface area (Å²) >= 11 is 1.75. The number of rotatable bonds is 3. The van der Waals surface area contributed by atoms with Gasteiger partial charge in [-0.05, 0) is 25.8 Å². The van der Waals surface area contributed by atoms with Crippen LogP contribution in [0, 0.1) is 6.92 Å². The summed E-state index contributed by atoms with van der Waals surface area (Å²) in [6.45, 7) is 4.17. The van der Waals surface area contributed by atoms with E-state index in [1.807, 2.05) is 13.0 Å². The van der Waals surface area contributed by atoms with Crippen molar-refractivity contribution in [3.63, 3.8) is 0 Å². The van der Waals surface area contributed by atoms with Crippen molar-refractivity contribution in [3.05, 3.63) is 17.5 Å². The van der Waals surface area contributed by atoms with Gasteiger partial charge in [0.25, 0.3) is 0 Å². The molecule has 0 aromatic carbocycles. The third-order valence-electron chi connectivity index (χ3n) is 2.54. The van der Waals surface area contributed by atoms with Crippen LogP contribution in [0.25, 0.3) is 0 Å². The lowest BCUT2D eigenvalue weighted by molar-refractivity contribution is 0.1000. The number of thioether (sulfide) groups is 1. The fourth-order valence-corrected chi connectivity index (χ4v) is 2.80. The Morgan fingerprint density at radius 3 is 2.88 bits per heavy atom. The first-order valence-electron chi connectivity index (χ1n) is 5.57. The van der Waals surface area contributed by atoms with Crippen LogP contribution >= 0.6 is 11.8 Å². The van der Waals surface area contributed by atoms with Gasteiger partial charge in [0.15, 0.2) is 5.16 Å². The highest BCUT2D eigenvalue weighted by Gasteiger charge is 2.16. The lowest BCUT2D eigenvalue weighted by atomic mass is 10.2. The summed E-state index contributed by atoms with van der Waals surface area (Å²) in [5.41, 5.74) is 7.51. The zero-order valence-corrected chi connectivity index (χ0v) is 10.3. The minimum absolute atomic E-state index is 0.477. The highest BCUT2D eigenvalue weighted by Crippen LogP contribution is 2.27.